The molecule has 1 saturated carbocycles. The lowest BCUT2D eigenvalue weighted by Gasteiger charge is -2.31. The average molecular weight is 325 g/mol. The van der Waals surface area contributed by atoms with E-state index in [1.807, 2.05) is 0 Å². The molecule has 1 aliphatic carbocycles. The van der Waals surface area contributed by atoms with Gasteiger partial charge in [-0.15, -0.1) is 0 Å². The molecular formula is C17H25BrO. The third kappa shape index (κ3) is 3.75. The molecule has 0 bridgehead atoms. The van der Waals surface area contributed by atoms with Crippen LogP contribution >= 0.6 is 15.9 Å². The summed E-state index contributed by atoms with van der Waals surface area (Å²) >= 11 is 3.73. The second kappa shape index (κ2) is 6.78. The van der Waals surface area contributed by atoms with Gasteiger partial charge < -0.3 is 4.74 Å². The number of ether oxygens (including phenoxy) is 1. The van der Waals surface area contributed by atoms with Crippen LogP contribution in [-0.2, 0) is 0 Å². The smallest absolute Gasteiger partial charge is 0.122 e. The number of rotatable bonds is 4. The van der Waals surface area contributed by atoms with Crippen LogP contribution in [0.15, 0.2) is 18.2 Å². The molecule has 0 amide bonds. The summed E-state index contributed by atoms with van der Waals surface area (Å²) in [7, 11) is 0. The summed E-state index contributed by atoms with van der Waals surface area (Å²) in [5.41, 5.74) is 2.93. The van der Waals surface area contributed by atoms with Gasteiger partial charge in [-0.2, -0.15) is 0 Å². The molecular weight excluding hydrogens is 300 g/mol. The first-order valence-corrected chi connectivity index (χ1v) is 8.54. The molecule has 0 saturated heterocycles. The second-order valence-electron chi connectivity index (χ2n) is 6.03. The summed E-state index contributed by atoms with van der Waals surface area (Å²) in [5, 5.41) is 1.06. The first kappa shape index (κ1) is 14.9. The molecule has 1 aliphatic rings. The van der Waals surface area contributed by atoms with Gasteiger partial charge in [-0.3, -0.25) is 0 Å². The van der Waals surface area contributed by atoms with Crippen LogP contribution in [0.4, 0.5) is 0 Å². The molecule has 0 aliphatic heterocycles. The van der Waals surface area contributed by atoms with Crippen LogP contribution in [0.5, 0.6) is 5.75 Å². The molecule has 2 heteroatoms. The molecule has 106 valence electrons. The Hall–Kier alpha value is -0.500. The van der Waals surface area contributed by atoms with E-state index in [-0.39, 0.29) is 0 Å². The average Bonchev–Trinajstić information content (AvgIpc) is 2.67. The number of hydrogen-bond donors (Lipinski definition) is 0. The van der Waals surface area contributed by atoms with Gasteiger partial charge in [0, 0.05) is 10.7 Å². The molecule has 0 N–H and O–H groups in total. The van der Waals surface area contributed by atoms with E-state index in [0.717, 1.165) is 17.7 Å². The van der Waals surface area contributed by atoms with Gasteiger partial charge in [0.1, 0.15) is 5.75 Å². The standard InChI is InChI=1S/C17H25BrO/c1-14-8-7-9-16(15(14)2)19-13-17(12-18)10-5-3-4-6-11-17/h7-9H,3-6,10-13H2,1-2H3. The Morgan fingerprint density at radius 2 is 1.79 bits per heavy atom. The molecule has 0 spiro atoms. The highest BCUT2D eigenvalue weighted by Crippen LogP contribution is 2.37. The van der Waals surface area contributed by atoms with E-state index in [0.29, 0.717) is 5.41 Å². The monoisotopic (exact) mass is 324 g/mol. The Morgan fingerprint density at radius 3 is 2.42 bits per heavy atom. The van der Waals surface area contributed by atoms with E-state index in [1.165, 1.54) is 49.7 Å². The Balaban J connectivity index is 2.04. The lowest BCUT2D eigenvalue weighted by molar-refractivity contribution is 0.148. The third-order valence-corrected chi connectivity index (χ3v) is 5.73. The largest absolute Gasteiger partial charge is 0.493 e. The summed E-state index contributed by atoms with van der Waals surface area (Å²) in [6.07, 6.45) is 8.06. The Morgan fingerprint density at radius 1 is 1.11 bits per heavy atom. The normalized spacial score (nSPS) is 18.9. The molecule has 0 unspecified atom stereocenters. The van der Waals surface area contributed by atoms with Crippen LogP contribution in [0, 0.1) is 19.3 Å². The maximum Gasteiger partial charge on any atom is 0.122 e. The van der Waals surface area contributed by atoms with Crippen molar-refractivity contribution < 1.29 is 4.74 Å². The van der Waals surface area contributed by atoms with Gasteiger partial charge in [-0.1, -0.05) is 53.7 Å². The minimum atomic E-state index is 0.340. The summed E-state index contributed by atoms with van der Waals surface area (Å²) in [6, 6.07) is 6.33. The van der Waals surface area contributed by atoms with E-state index in [9.17, 15) is 0 Å². The van der Waals surface area contributed by atoms with Crippen LogP contribution < -0.4 is 4.74 Å². The van der Waals surface area contributed by atoms with Gasteiger partial charge in [0.15, 0.2) is 0 Å². The fourth-order valence-electron chi connectivity index (χ4n) is 2.91. The number of hydrogen-bond acceptors (Lipinski definition) is 1. The Bertz CT molecular complexity index is 406. The molecule has 19 heavy (non-hydrogen) atoms. The highest BCUT2D eigenvalue weighted by molar-refractivity contribution is 9.09. The van der Waals surface area contributed by atoms with E-state index >= 15 is 0 Å². The fraction of sp³-hybridized carbons (Fsp3) is 0.647. The van der Waals surface area contributed by atoms with E-state index < -0.39 is 0 Å². The number of halogens is 1. The lowest BCUT2D eigenvalue weighted by atomic mass is 9.83. The molecule has 0 atom stereocenters. The van der Waals surface area contributed by atoms with Crippen molar-refractivity contribution in [3.63, 3.8) is 0 Å². The van der Waals surface area contributed by atoms with Crippen molar-refractivity contribution in [3.8, 4) is 5.75 Å². The quantitative estimate of drug-likeness (QED) is 0.531. The zero-order valence-corrected chi connectivity index (χ0v) is 13.8. The van der Waals surface area contributed by atoms with E-state index in [2.05, 4.69) is 48.0 Å². The molecule has 1 aromatic rings. The van der Waals surface area contributed by atoms with Crippen molar-refractivity contribution >= 4 is 15.9 Å². The van der Waals surface area contributed by atoms with Gasteiger partial charge >= 0.3 is 0 Å². The molecule has 0 radical (unpaired) electrons. The van der Waals surface area contributed by atoms with Crippen LogP contribution in [-0.4, -0.2) is 11.9 Å². The minimum Gasteiger partial charge on any atom is -0.493 e. The van der Waals surface area contributed by atoms with Crippen molar-refractivity contribution in [3.05, 3.63) is 29.3 Å². The number of benzene rings is 1. The third-order valence-electron chi connectivity index (χ3n) is 4.54. The zero-order valence-electron chi connectivity index (χ0n) is 12.2. The molecule has 0 heterocycles. The first-order valence-electron chi connectivity index (χ1n) is 7.42. The van der Waals surface area contributed by atoms with Gasteiger partial charge in [-0.25, -0.2) is 0 Å². The molecule has 1 fully saturated rings. The molecule has 1 nitrogen and oxygen atoms in total. The van der Waals surface area contributed by atoms with Crippen molar-refractivity contribution in [2.75, 3.05) is 11.9 Å². The van der Waals surface area contributed by atoms with Gasteiger partial charge in [0.05, 0.1) is 6.61 Å². The number of aryl methyl sites for hydroxylation is 1. The van der Waals surface area contributed by atoms with Crippen LogP contribution in [0.1, 0.15) is 49.7 Å². The lowest BCUT2D eigenvalue weighted by Crippen LogP contribution is -2.30. The predicted octanol–water partition coefficient (Wildman–Crippen LogP) is 5.42. The Kier molecular flexibility index (Phi) is 5.32. The maximum absolute atomic E-state index is 6.18. The van der Waals surface area contributed by atoms with Gasteiger partial charge in [0.2, 0.25) is 0 Å². The van der Waals surface area contributed by atoms with Crippen molar-refractivity contribution in [2.24, 2.45) is 5.41 Å². The Labute approximate surface area is 125 Å². The number of alkyl halides is 1. The SMILES string of the molecule is Cc1cccc(OCC2(CBr)CCCCCC2)c1C. The second-order valence-corrected chi connectivity index (χ2v) is 6.60. The summed E-state index contributed by atoms with van der Waals surface area (Å²) in [5.74, 6) is 1.06. The maximum atomic E-state index is 6.18. The molecule has 1 aromatic carbocycles. The molecule has 2 rings (SSSR count). The van der Waals surface area contributed by atoms with Crippen LogP contribution in [0.3, 0.4) is 0 Å². The highest BCUT2D eigenvalue weighted by atomic mass is 79.9. The summed E-state index contributed by atoms with van der Waals surface area (Å²) in [6.45, 7) is 5.15. The van der Waals surface area contributed by atoms with Crippen LogP contribution in [0.25, 0.3) is 0 Å². The van der Waals surface area contributed by atoms with Crippen LogP contribution in [0.2, 0.25) is 0 Å². The highest BCUT2D eigenvalue weighted by Gasteiger charge is 2.30. The summed E-state index contributed by atoms with van der Waals surface area (Å²) < 4.78 is 6.18. The summed E-state index contributed by atoms with van der Waals surface area (Å²) in [4.78, 5) is 0. The van der Waals surface area contributed by atoms with E-state index in [4.69, 9.17) is 4.74 Å². The fourth-order valence-corrected chi connectivity index (χ4v) is 3.63. The first-order chi connectivity index (χ1) is 9.17. The van der Waals surface area contributed by atoms with Gasteiger partial charge in [0.25, 0.3) is 0 Å². The molecule has 0 aromatic heterocycles. The minimum absolute atomic E-state index is 0.340. The predicted molar refractivity (Wildman–Crippen MR) is 85.3 cm³/mol. The van der Waals surface area contributed by atoms with E-state index in [1.54, 1.807) is 0 Å². The van der Waals surface area contributed by atoms with Crippen molar-refractivity contribution in [1.82, 2.24) is 0 Å². The zero-order chi connectivity index (χ0) is 13.7. The van der Waals surface area contributed by atoms with Crippen molar-refractivity contribution in [1.29, 1.82) is 0 Å². The van der Waals surface area contributed by atoms with Crippen molar-refractivity contribution in [2.45, 2.75) is 52.4 Å². The van der Waals surface area contributed by atoms with Gasteiger partial charge in [-0.05, 0) is 43.9 Å². The topological polar surface area (TPSA) is 9.23 Å².